The van der Waals surface area contributed by atoms with Crippen molar-refractivity contribution in [1.82, 2.24) is 0 Å². The molecule has 0 saturated heterocycles. The summed E-state index contributed by atoms with van der Waals surface area (Å²) in [5.74, 6) is -0.739. The maximum atomic E-state index is 10.0. The van der Waals surface area contributed by atoms with Crippen molar-refractivity contribution in [2.24, 2.45) is 11.8 Å². The van der Waals surface area contributed by atoms with Crippen molar-refractivity contribution in [2.75, 3.05) is 0 Å². The van der Waals surface area contributed by atoms with Gasteiger partial charge in [0, 0.05) is 6.42 Å². The summed E-state index contributed by atoms with van der Waals surface area (Å²) in [6.07, 6.45) is 4.00. The Hall–Kier alpha value is -1.06. The van der Waals surface area contributed by atoms with E-state index < -0.39 is 11.9 Å². The van der Waals surface area contributed by atoms with Gasteiger partial charge >= 0.3 is 11.9 Å². The molecule has 1 atom stereocenters. The fourth-order valence-corrected chi connectivity index (χ4v) is 0.904. The average Bonchev–Trinajstić information content (AvgIpc) is 2.97. The maximum absolute atomic E-state index is 10.0. The van der Waals surface area contributed by atoms with Gasteiger partial charge in [-0.3, -0.25) is 9.59 Å². The van der Waals surface area contributed by atoms with Crippen LogP contribution >= 0.6 is 0 Å². The second-order valence-corrected chi connectivity index (χ2v) is 4.06. The summed E-state index contributed by atoms with van der Waals surface area (Å²) in [5, 5.41) is 16.3. The third kappa shape index (κ3) is 9.25. The Labute approximate surface area is 90.3 Å². The highest BCUT2D eigenvalue weighted by atomic mass is 16.4. The molecule has 1 saturated carbocycles. The van der Waals surface area contributed by atoms with Crippen molar-refractivity contribution in [1.29, 1.82) is 0 Å². The van der Waals surface area contributed by atoms with Crippen molar-refractivity contribution in [2.45, 2.75) is 46.0 Å². The number of carbonyl (C=O) groups is 2. The second kappa shape index (κ2) is 7.26. The van der Waals surface area contributed by atoms with E-state index >= 15 is 0 Å². The van der Waals surface area contributed by atoms with Crippen LogP contribution in [0.2, 0.25) is 0 Å². The van der Waals surface area contributed by atoms with Crippen LogP contribution in [-0.4, -0.2) is 22.2 Å². The van der Waals surface area contributed by atoms with Crippen LogP contribution in [0.4, 0.5) is 0 Å². The number of carboxylic acids is 2. The first kappa shape index (κ1) is 13.9. The number of carboxylic acid groups (broad SMARTS) is 2. The van der Waals surface area contributed by atoms with Crippen LogP contribution in [0.3, 0.4) is 0 Å². The molecule has 4 heteroatoms. The van der Waals surface area contributed by atoms with Gasteiger partial charge in [0.1, 0.15) is 0 Å². The van der Waals surface area contributed by atoms with Gasteiger partial charge in [-0.1, -0.05) is 20.3 Å². The van der Waals surface area contributed by atoms with E-state index in [0.717, 1.165) is 25.7 Å². The Morgan fingerprint density at radius 2 is 1.87 bits per heavy atom. The lowest BCUT2D eigenvalue weighted by molar-refractivity contribution is -0.139. The Bertz CT molecular complexity index is 209. The summed E-state index contributed by atoms with van der Waals surface area (Å²) < 4.78 is 0. The third-order valence-corrected chi connectivity index (χ3v) is 2.47. The monoisotopic (exact) mass is 216 g/mol. The molecule has 0 bridgehead atoms. The molecule has 1 unspecified atom stereocenters. The quantitative estimate of drug-likeness (QED) is 0.739. The van der Waals surface area contributed by atoms with E-state index in [1.807, 2.05) is 0 Å². The minimum Gasteiger partial charge on any atom is -0.481 e. The number of hydrogen-bond donors (Lipinski definition) is 2. The Balaban J connectivity index is 0.000000280. The van der Waals surface area contributed by atoms with Crippen molar-refractivity contribution < 1.29 is 19.8 Å². The first-order valence-corrected chi connectivity index (χ1v) is 5.42. The molecule has 4 nitrogen and oxygen atoms in total. The van der Waals surface area contributed by atoms with E-state index in [1.54, 1.807) is 0 Å². The van der Waals surface area contributed by atoms with Gasteiger partial charge in [-0.05, 0) is 25.2 Å². The number of aliphatic carboxylic acids is 2. The molecule has 0 aromatic heterocycles. The zero-order valence-corrected chi connectivity index (χ0v) is 9.40. The molecular weight excluding hydrogens is 196 g/mol. The molecule has 15 heavy (non-hydrogen) atoms. The second-order valence-electron chi connectivity index (χ2n) is 4.06. The lowest BCUT2D eigenvalue weighted by Gasteiger charge is -2.03. The summed E-state index contributed by atoms with van der Waals surface area (Å²) in [7, 11) is 0. The maximum Gasteiger partial charge on any atom is 0.306 e. The van der Waals surface area contributed by atoms with Crippen LogP contribution in [-0.2, 0) is 9.59 Å². The number of hydrogen-bond acceptors (Lipinski definition) is 2. The Morgan fingerprint density at radius 3 is 2.07 bits per heavy atom. The van der Waals surface area contributed by atoms with Crippen molar-refractivity contribution >= 4 is 11.9 Å². The van der Waals surface area contributed by atoms with Crippen molar-refractivity contribution in [3.8, 4) is 0 Å². The molecule has 0 radical (unpaired) electrons. The lowest BCUT2D eigenvalue weighted by atomic mass is 10.0. The van der Waals surface area contributed by atoms with Crippen LogP contribution in [0.1, 0.15) is 46.0 Å². The zero-order chi connectivity index (χ0) is 11.8. The molecule has 1 aliphatic rings. The molecule has 0 amide bonds. The fraction of sp³-hybridized carbons (Fsp3) is 0.818. The molecule has 0 aliphatic heterocycles. The zero-order valence-electron chi connectivity index (χ0n) is 9.40. The van der Waals surface area contributed by atoms with Gasteiger partial charge in [0.05, 0.1) is 5.92 Å². The average molecular weight is 216 g/mol. The van der Waals surface area contributed by atoms with Gasteiger partial charge in [-0.15, -0.1) is 0 Å². The molecule has 0 aromatic carbocycles. The van der Waals surface area contributed by atoms with Gasteiger partial charge in [0.15, 0.2) is 0 Å². The van der Waals surface area contributed by atoms with Crippen molar-refractivity contribution in [3.63, 3.8) is 0 Å². The molecule has 88 valence electrons. The SMILES string of the molecule is CCC(C)CCC(=O)O.O=C(O)C1CC1. The standard InChI is InChI=1S/C7H14O2.C4H6O2/c1-3-6(2)4-5-7(8)9;5-4(6)3-1-2-3/h6H,3-5H2,1-2H3,(H,8,9);3H,1-2H2,(H,5,6). The van der Waals surface area contributed by atoms with E-state index in [1.165, 1.54) is 0 Å². The Morgan fingerprint density at radius 1 is 1.33 bits per heavy atom. The predicted molar refractivity (Wildman–Crippen MR) is 56.7 cm³/mol. The van der Waals surface area contributed by atoms with Crippen LogP contribution < -0.4 is 0 Å². The van der Waals surface area contributed by atoms with Crippen LogP contribution in [0.5, 0.6) is 0 Å². The minimum atomic E-state index is -0.685. The van der Waals surface area contributed by atoms with Crippen LogP contribution in [0.15, 0.2) is 0 Å². The molecule has 1 fully saturated rings. The van der Waals surface area contributed by atoms with Crippen molar-refractivity contribution in [3.05, 3.63) is 0 Å². The van der Waals surface area contributed by atoms with Crippen LogP contribution in [0, 0.1) is 11.8 Å². The topological polar surface area (TPSA) is 74.6 Å². The van der Waals surface area contributed by atoms with Gasteiger partial charge in [0.2, 0.25) is 0 Å². The van der Waals surface area contributed by atoms with Gasteiger partial charge in [-0.2, -0.15) is 0 Å². The molecule has 0 aromatic rings. The highest BCUT2D eigenvalue weighted by Gasteiger charge is 2.28. The molecule has 0 spiro atoms. The number of rotatable bonds is 5. The first-order valence-electron chi connectivity index (χ1n) is 5.42. The van der Waals surface area contributed by atoms with E-state index in [4.69, 9.17) is 10.2 Å². The van der Waals surface area contributed by atoms with E-state index in [9.17, 15) is 9.59 Å². The van der Waals surface area contributed by atoms with Gasteiger partial charge < -0.3 is 10.2 Å². The molecule has 0 heterocycles. The summed E-state index contributed by atoms with van der Waals surface area (Å²) in [4.78, 5) is 19.8. The molecule has 1 rings (SSSR count). The smallest absolute Gasteiger partial charge is 0.306 e. The molecular formula is C11H20O4. The normalized spacial score (nSPS) is 16.1. The lowest BCUT2D eigenvalue weighted by Crippen LogP contribution is -1.99. The minimum absolute atomic E-state index is 0.0185. The summed E-state index contributed by atoms with van der Waals surface area (Å²) >= 11 is 0. The van der Waals surface area contributed by atoms with E-state index in [2.05, 4.69) is 13.8 Å². The Kier molecular flexibility index (Phi) is 6.75. The van der Waals surface area contributed by atoms with Gasteiger partial charge in [0.25, 0.3) is 0 Å². The van der Waals surface area contributed by atoms with Gasteiger partial charge in [-0.25, -0.2) is 0 Å². The summed E-state index contributed by atoms with van der Waals surface area (Å²) in [5.41, 5.74) is 0. The third-order valence-electron chi connectivity index (χ3n) is 2.47. The highest BCUT2D eigenvalue weighted by Crippen LogP contribution is 2.28. The molecule has 2 N–H and O–H groups in total. The largest absolute Gasteiger partial charge is 0.481 e. The first-order chi connectivity index (χ1) is 6.97. The predicted octanol–water partition coefficient (Wildman–Crippen LogP) is 2.38. The summed E-state index contributed by atoms with van der Waals surface area (Å²) in [6.45, 7) is 4.15. The molecule has 1 aliphatic carbocycles. The van der Waals surface area contributed by atoms with Crippen LogP contribution in [0.25, 0.3) is 0 Å². The van der Waals surface area contributed by atoms with E-state index in [-0.39, 0.29) is 5.92 Å². The fourth-order valence-electron chi connectivity index (χ4n) is 0.904. The van der Waals surface area contributed by atoms with E-state index in [0.29, 0.717) is 12.3 Å². The summed E-state index contributed by atoms with van der Waals surface area (Å²) in [6, 6.07) is 0. The highest BCUT2D eigenvalue weighted by molar-refractivity contribution is 5.72.